The molecule has 0 saturated heterocycles. The Kier molecular flexibility index (Phi) is 5.53. The third-order valence-electron chi connectivity index (χ3n) is 2.27. The van der Waals surface area contributed by atoms with Crippen molar-refractivity contribution in [2.45, 2.75) is 12.5 Å². The summed E-state index contributed by atoms with van der Waals surface area (Å²) in [6.07, 6.45) is 5.74. The first-order chi connectivity index (χ1) is 8.67. The van der Waals surface area contributed by atoms with E-state index >= 15 is 0 Å². The summed E-state index contributed by atoms with van der Waals surface area (Å²) < 4.78 is 54.8. The Morgan fingerprint density at radius 1 is 1.00 bits per heavy atom. The van der Waals surface area contributed by atoms with Crippen molar-refractivity contribution in [2.24, 2.45) is 0 Å². The molecule has 0 aliphatic carbocycles. The minimum absolute atomic E-state index is 0.0329. The molecule has 0 spiro atoms. The summed E-state index contributed by atoms with van der Waals surface area (Å²) in [6, 6.07) is 3.25. The maximum Gasteiger partial charge on any atom is 0.264 e. The molecule has 1 atom stereocenters. The zero-order valence-corrected chi connectivity index (χ0v) is 12.4. The van der Waals surface area contributed by atoms with E-state index in [1.165, 1.54) is 0 Å². The van der Waals surface area contributed by atoms with Gasteiger partial charge in [0.15, 0.2) is 0 Å². The van der Waals surface area contributed by atoms with Gasteiger partial charge in [-0.25, -0.2) is 0 Å². The van der Waals surface area contributed by atoms with Crippen molar-refractivity contribution >= 4 is 20.2 Å². The van der Waals surface area contributed by atoms with Crippen LogP contribution in [-0.2, 0) is 28.6 Å². The zero-order chi connectivity index (χ0) is 14.5. The molecule has 7 nitrogen and oxygen atoms in total. The summed E-state index contributed by atoms with van der Waals surface area (Å²) >= 11 is 0. The summed E-state index contributed by atoms with van der Waals surface area (Å²) in [7, 11) is -7.04. The Hall–Kier alpha value is -0.900. The van der Waals surface area contributed by atoms with Crippen LogP contribution in [0.15, 0.2) is 24.5 Å². The SMILES string of the molecule is CS(=O)(=O)OCC[C@@H](COS(C)(=O)=O)n1cccc1. The van der Waals surface area contributed by atoms with E-state index in [1.54, 1.807) is 29.1 Å². The average molecular weight is 311 g/mol. The molecule has 0 aliphatic rings. The van der Waals surface area contributed by atoms with Crippen LogP contribution in [-0.4, -0.2) is 47.1 Å². The van der Waals surface area contributed by atoms with Gasteiger partial charge in [-0.1, -0.05) is 0 Å². The van der Waals surface area contributed by atoms with Crippen LogP contribution in [0.4, 0.5) is 0 Å². The van der Waals surface area contributed by atoms with Crippen LogP contribution in [0.1, 0.15) is 12.5 Å². The molecule has 1 heterocycles. The minimum atomic E-state index is -3.54. The summed E-state index contributed by atoms with van der Waals surface area (Å²) in [6.45, 7) is -0.102. The van der Waals surface area contributed by atoms with Crippen molar-refractivity contribution in [2.75, 3.05) is 25.7 Å². The molecule has 0 radical (unpaired) electrons. The fraction of sp³-hybridized carbons (Fsp3) is 0.600. The lowest BCUT2D eigenvalue weighted by molar-refractivity contribution is 0.217. The van der Waals surface area contributed by atoms with Crippen LogP contribution < -0.4 is 0 Å². The molecular weight excluding hydrogens is 294 g/mol. The molecule has 1 aromatic heterocycles. The molecule has 110 valence electrons. The largest absolute Gasteiger partial charge is 0.349 e. The average Bonchev–Trinajstić information content (AvgIpc) is 2.73. The second-order valence-electron chi connectivity index (χ2n) is 4.09. The third-order valence-corrected chi connectivity index (χ3v) is 3.43. The molecule has 0 aliphatic heterocycles. The van der Waals surface area contributed by atoms with Gasteiger partial charge in [-0.15, -0.1) is 0 Å². The molecule has 0 unspecified atom stereocenters. The Labute approximate surface area is 113 Å². The molecule has 0 amide bonds. The van der Waals surface area contributed by atoms with Gasteiger partial charge in [0.1, 0.15) is 0 Å². The molecule has 0 aromatic carbocycles. The Bertz CT molecular complexity index is 576. The fourth-order valence-electron chi connectivity index (χ4n) is 1.45. The van der Waals surface area contributed by atoms with Gasteiger partial charge in [0, 0.05) is 12.4 Å². The molecule has 0 saturated carbocycles. The van der Waals surface area contributed by atoms with Crippen molar-refractivity contribution in [3.8, 4) is 0 Å². The number of nitrogens with zero attached hydrogens (tertiary/aromatic N) is 1. The van der Waals surface area contributed by atoms with E-state index in [0.29, 0.717) is 6.42 Å². The van der Waals surface area contributed by atoms with Crippen molar-refractivity contribution < 1.29 is 25.2 Å². The molecule has 9 heteroatoms. The first-order valence-corrected chi connectivity index (χ1v) is 9.12. The molecule has 19 heavy (non-hydrogen) atoms. The standard InChI is InChI=1S/C10H17NO6S2/c1-18(12,13)16-8-5-10(9-17-19(2,14)15)11-6-3-4-7-11/h3-4,6-7,10H,5,8-9H2,1-2H3/t10-/m0/s1. The lowest BCUT2D eigenvalue weighted by Gasteiger charge is -2.18. The maximum atomic E-state index is 11.0. The number of hydrogen-bond donors (Lipinski definition) is 0. The van der Waals surface area contributed by atoms with E-state index < -0.39 is 20.2 Å². The van der Waals surface area contributed by atoms with Gasteiger partial charge >= 0.3 is 0 Å². The Morgan fingerprint density at radius 3 is 2.00 bits per heavy atom. The van der Waals surface area contributed by atoms with Crippen LogP contribution in [0.3, 0.4) is 0 Å². The minimum Gasteiger partial charge on any atom is -0.349 e. The Balaban J connectivity index is 2.61. The van der Waals surface area contributed by atoms with Crippen molar-refractivity contribution in [1.29, 1.82) is 0 Å². The quantitative estimate of drug-likeness (QED) is 0.644. The maximum absolute atomic E-state index is 11.0. The van der Waals surface area contributed by atoms with Gasteiger partial charge in [0.25, 0.3) is 20.2 Å². The monoisotopic (exact) mass is 311 g/mol. The second kappa shape index (κ2) is 6.51. The molecule has 0 bridgehead atoms. The second-order valence-corrected chi connectivity index (χ2v) is 7.38. The summed E-state index contributed by atoms with van der Waals surface area (Å²) in [4.78, 5) is 0. The van der Waals surface area contributed by atoms with Gasteiger partial charge in [-0.2, -0.15) is 16.8 Å². The number of hydrogen-bond acceptors (Lipinski definition) is 6. The van der Waals surface area contributed by atoms with Crippen LogP contribution in [0, 0.1) is 0 Å². The van der Waals surface area contributed by atoms with Crippen LogP contribution in [0.5, 0.6) is 0 Å². The van der Waals surface area contributed by atoms with Gasteiger partial charge in [0.2, 0.25) is 0 Å². The summed E-state index contributed by atoms with van der Waals surface area (Å²) in [5, 5.41) is 0. The topological polar surface area (TPSA) is 91.7 Å². The summed E-state index contributed by atoms with van der Waals surface area (Å²) in [5.41, 5.74) is 0. The van der Waals surface area contributed by atoms with E-state index in [0.717, 1.165) is 12.5 Å². The lowest BCUT2D eigenvalue weighted by atomic mass is 10.2. The molecule has 0 N–H and O–H groups in total. The third kappa shape index (κ3) is 7.31. The number of rotatable bonds is 8. The fourth-order valence-corrected chi connectivity index (χ4v) is 2.25. The van der Waals surface area contributed by atoms with Gasteiger partial charge < -0.3 is 4.57 Å². The van der Waals surface area contributed by atoms with E-state index in [1.807, 2.05) is 0 Å². The van der Waals surface area contributed by atoms with Crippen molar-refractivity contribution in [3.05, 3.63) is 24.5 Å². The predicted molar refractivity (Wildman–Crippen MR) is 69.7 cm³/mol. The molecular formula is C10H17NO6S2. The highest BCUT2D eigenvalue weighted by atomic mass is 32.2. The van der Waals surface area contributed by atoms with Gasteiger partial charge in [-0.05, 0) is 18.6 Å². The van der Waals surface area contributed by atoms with E-state index in [9.17, 15) is 16.8 Å². The first kappa shape index (κ1) is 16.2. The predicted octanol–water partition coefficient (Wildman–Crippen LogP) is 0.372. The van der Waals surface area contributed by atoms with Crippen LogP contribution in [0.25, 0.3) is 0 Å². The van der Waals surface area contributed by atoms with E-state index in [-0.39, 0.29) is 19.3 Å². The summed E-state index contributed by atoms with van der Waals surface area (Å²) in [5.74, 6) is 0. The molecule has 1 rings (SSSR count). The number of aromatic nitrogens is 1. The first-order valence-electron chi connectivity index (χ1n) is 5.48. The smallest absolute Gasteiger partial charge is 0.264 e. The van der Waals surface area contributed by atoms with Crippen molar-refractivity contribution in [1.82, 2.24) is 4.57 Å². The van der Waals surface area contributed by atoms with Crippen LogP contribution >= 0.6 is 0 Å². The zero-order valence-electron chi connectivity index (χ0n) is 10.7. The molecule has 1 aromatic rings. The molecule has 0 fully saturated rings. The van der Waals surface area contributed by atoms with Gasteiger partial charge in [0.05, 0.1) is 31.8 Å². The highest BCUT2D eigenvalue weighted by Gasteiger charge is 2.15. The highest BCUT2D eigenvalue weighted by molar-refractivity contribution is 7.86. The van der Waals surface area contributed by atoms with Gasteiger partial charge in [-0.3, -0.25) is 8.37 Å². The van der Waals surface area contributed by atoms with E-state index in [4.69, 9.17) is 4.18 Å². The Morgan fingerprint density at radius 2 is 1.53 bits per heavy atom. The normalized spacial score (nSPS) is 14.4. The lowest BCUT2D eigenvalue weighted by Crippen LogP contribution is -2.19. The highest BCUT2D eigenvalue weighted by Crippen LogP contribution is 2.14. The van der Waals surface area contributed by atoms with Crippen LogP contribution in [0.2, 0.25) is 0 Å². The van der Waals surface area contributed by atoms with E-state index in [2.05, 4.69) is 4.18 Å². The van der Waals surface area contributed by atoms with Crippen molar-refractivity contribution in [3.63, 3.8) is 0 Å².